The summed E-state index contributed by atoms with van der Waals surface area (Å²) in [5, 5.41) is 15.4. The van der Waals surface area contributed by atoms with E-state index >= 15 is 0 Å². The SMILES string of the molecule is COc1ccsc1C(=O)NC(C)c1nc(C(=O)O)cs1. The van der Waals surface area contributed by atoms with Crippen LogP contribution < -0.4 is 10.1 Å². The molecule has 0 aliphatic rings. The van der Waals surface area contributed by atoms with Gasteiger partial charge in [0.05, 0.1) is 13.2 Å². The van der Waals surface area contributed by atoms with E-state index in [2.05, 4.69) is 10.3 Å². The van der Waals surface area contributed by atoms with Crippen LogP contribution >= 0.6 is 22.7 Å². The highest BCUT2D eigenvalue weighted by atomic mass is 32.1. The number of methoxy groups -OCH3 is 1. The number of carbonyl (C=O) groups excluding carboxylic acids is 1. The molecule has 0 aliphatic heterocycles. The van der Waals surface area contributed by atoms with Crippen molar-refractivity contribution in [2.24, 2.45) is 0 Å². The molecule has 0 radical (unpaired) electrons. The second kappa shape index (κ2) is 6.02. The molecule has 1 amide bonds. The molecule has 2 heterocycles. The van der Waals surface area contributed by atoms with E-state index in [9.17, 15) is 9.59 Å². The lowest BCUT2D eigenvalue weighted by Crippen LogP contribution is -2.26. The third kappa shape index (κ3) is 2.97. The average molecular weight is 312 g/mol. The Hall–Kier alpha value is -1.93. The minimum atomic E-state index is -1.08. The number of amides is 1. The van der Waals surface area contributed by atoms with Gasteiger partial charge in [0.2, 0.25) is 0 Å². The molecule has 0 fully saturated rings. The average Bonchev–Trinajstić information content (AvgIpc) is 3.07. The minimum absolute atomic E-state index is 0.0141. The molecule has 0 spiro atoms. The molecular weight excluding hydrogens is 300 g/mol. The summed E-state index contributed by atoms with van der Waals surface area (Å²) in [6, 6.07) is 1.35. The van der Waals surface area contributed by atoms with E-state index in [0.717, 1.165) is 0 Å². The highest BCUT2D eigenvalue weighted by Crippen LogP contribution is 2.25. The number of nitrogens with zero attached hydrogens (tertiary/aromatic N) is 1. The van der Waals surface area contributed by atoms with Crippen molar-refractivity contribution in [1.82, 2.24) is 10.3 Å². The van der Waals surface area contributed by atoms with Crippen LogP contribution in [0.25, 0.3) is 0 Å². The van der Waals surface area contributed by atoms with Gasteiger partial charge in [0.15, 0.2) is 5.69 Å². The molecule has 1 atom stereocenters. The van der Waals surface area contributed by atoms with Crippen LogP contribution in [0.5, 0.6) is 5.75 Å². The summed E-state index contributed by atoms with van der Waals surface area (Å²) in [5.41, 5.74) is -0.0141. The van der Waals surface area contributed by atoms with Gasteiger partial charge in [-0.15, -0.1) is 22.7 Å². The van der Waals surface area contributed by atoms with Crippen molar-refractivity contribution in [3.8, 4) is 5.75 Å². The van der Waals surface area contributed by atoms with Crippen molar-refractivity contribution >= 4 is 34.6 Å². The van der Waals surface area contributed by atoms with E-state index in [0.29, 0.717) is 15.6 Å². The monoisotopic (exact) mass is 312 g/mol. The van der Waals surface area contributed by atoms with Gasteiger partial charge in [-0.25, -0.2) is 9.78 Å². The smallest absolute Gasteiger partial charge is 0.355 e. The summed E-state index contributed by atoms with van der Waals surface area (Å²) in [5.74, 6) is -0.826. The number of carboxylic acids is 1. The van der Waals surface area contributed by atoms with Gasteiger partial charge in [0.25, 0.3) is 5.91 Å². The molecule has 0 bridgehead atoms. The van der Waals surface area contributed by atoms with Gasteiger partial charge >= 0.3 is 5.97 Å². The number of carboxylic acid groups (broad SMARTS) is 1. The first-order valence-electron chi connectivity index (χ1n) is 5.64. The zero-order valence-corrected chi connectivity index (χ0v) is 12.4. The molecule has 2 rings (SSSR count). The van der Waals surface area contributed by atoms with Gasteiger partial charge in [0.1, 0.15) is 15.6 Å². The molecule has 2 N–H and O–H groups in total. The Morgan fingerprint density at radius 3 is 2.80 bits per heavy atom. The molecule has 0 saturated carbocycles. The second-order valence-electron chi connectivity index (χ2n) is 3.89. The van der Waals surface area contributed by atoms with Crippen LogP contribution in [-0.4, -0.2) is 29.1 Å². The molecule has 8 heteroatoms. The van der Waals surface area contributed by atoms with Crippen LogP contribution in [0.3, 0.4) is 0 Å². The molecule has 20 heavy (non-hydrogen) atoms. The van der Waals surface area contributed by atoms with E-state index in [1.807, 2.05) is 0 Å². The maximum absolute atomic E-state index is 12.1. The Labute approximate surface area is 123 Å². The van der Waals surface area contributed by atoms with Crippen LogP contribution in [-0.2, 0) is 0 Å². The van der Waals surface area contributed by atoms with Crippen molar-refractivity contribution in [1.29, 1.82) is 0 Å². The number of ether oxygens (including phenoxy) is 1. The number of rotatable bonds is 5. The number of aromatic carboxylic acids is 1. The van der Waals surface area contributed by atoms with E-state index in [1.165, 1.54) is 35.2 Å². The number of nitrogens with one attached hydrogen (secondary N) is 1. The highest BCUT2D eigenvalue weighted by Gasteiger charge is 2.19. The van der Waals surface area contributed by atoms with E-state index in [1.54, 1.807) is 18.4 Å². The first-order valence-corrected chi connectivity index (χ1v) is 7.40. The summed E-state index contributed by atoms with van der Waals surface area (Å²) in [4.78, 5) is 27.3. The highest BCUT2D eigenvalue weighted by molar-refractivity contribution is 7.12. The Morgan fingerprint density at radius 2 is 2.20 bits per heavy atom. The van der Waals surface area contributed by atoms with Crippen LogP contribution in [0.1, 0.15) is 38.1 Å². The fraction of sp³-hybridized carbons (Fsp3) is 0.250. The van der Waals surface area contributed by atoms with Gasteiger partial charge < -0.3 is 15.2 Å². The zero-order valence-electron chi connectivity index (χ0n) is 10.7. The molecule has 2 aromatic rings. The van der Waals surface area contributed by atoms with Crippen LogP contribution in [0.15, 0.2) is 16.8 Å². The maximum atomic E-state index is 12.1. The number of thiazole rings is 1. The molecule has 6 nitrogen and oxygen atoms in total. The Kier molecular flexibility index (Phi) is 4.35. The van der Waals surface area contributed by atoms with Crippen molar-refractivity contribution in [2.75, 3.05) is 7.11 Å². The van der Waals surface area contributed by atoms with Crippen LogP contribution in [0.4, 0.5) is 0 Å². The maximum Gasteiger partial charge on any atom is 0.355 e. The third-order valence-electron chi connectivity index (χ3n) is 2.51. The van der Waals surface area contributed by atoms with Crippen LogP contribution in [0.2, 0.25) is 0 Å². The first-order chi connectivity index (χ1) is 9.52. The Balaban J connectivity index is 2.09. The van der Waals surface area contributed by atoms with Crippen molar-refractivity contribution in [2.45, 2.75) is 13.0 Å². The summed E-state index contributed by atoms with van der Waals surface area (Å²) >= 11 is 2.48. The zero-order chi connectivity index (χ0) is 14.7. The quantitative estimate of drug-likeness (QED) is 0.885. The van der Waals surface area contributed by atoms with E-state index in [-0.39, 0.29) is 17.6 Å². The Bertz CT molecular complexity index is 635. The summed E-state index contributed by atoms with van der Waals surface area (Å²) < 4.78 is 5.09. The number of thiophene rings is 1. The summed E-state index contributed by atoms with van der Waals surface area (Å²) in [7, 11) is 1.50. The van der Waals surface area contributed by atoms with Gasteiger partial charge in [-0.2, -0.15) is 0 Å². The standard InChI is InChI=1S/C12H12N2O4S2/c1-6(11-14-7(5-20-11)12(16)17)13-10(15)9-8(18-2)3-4-19-9/h3-6H,1-2H3,(H,13,15)(H,16,17). The fourth-order valence-electron chi connectivity index (χ4n) is 1.53. The number of hydrogen-bond donors (Lipinski definition) is 2. The van der Waals surface area contributed by atoms with Gasteiger partial charge in [0, 0.05) is 5.38 Å². The largest absolute Gasteiger partial charge is 0.495 e. The minimum Gasteiger partial charge on any atom is -0.495 e. The van der Waals surface area contributed by atoms with Crippen molar-refractivity contribution in [3.05, 3.63) is 32.4 Å². The molecule has 0 saturated heterocycles. The molecule has 2 aromatic heterocycles. The van der Waals surface area contributed by atoms with Gasteiger partial charge in [-0.05, 0) is 18.4 Å². The number of hydrogen-bond acceptors (Lipinski definition) is 6. The summed E-state index contributed by atoms with van der Waals surface area (Å²) in [6.07, 6.45) is 0. The molecule has 0 aliphatic carbocycles. The molecule has 106 valence electrons. The predicted octanol–water partition coefficient (Wildman–Crippen LogP) is 2.40. The molecular formula is C12H12N2O4S2. The Morgan fingerprint density at radius 1 is 1.45 bits per heavy atom. The van der Waals surface area contributed by atoms with Gasteiger partial charge in [-0.1, -0.05) is 0 Å². The molecule has 1 unspecified atom stereocenters. The van der Waals surface area contributed by atoms with Crippen molar-refractivity contribution < 1.29 is 19.4 Å². The first kappa shape index (κ1) is 14.5. The molecule has 0 aromatic carbocycles. The topological polar surface area (TPSA) is 88.5 Å². The van der Waals surface area contributed by atoms with E-state index in [4.69, 9.17) is 9.84 Å². The predicted molar refractivity (Wildman–Crippen MR) is 75.8 cm³/mol. The van der Waals surface area contributed by atoms with E-state index < -0.39 is 5.97 Å². The summed E-state index contributed by atoms with van der Waals surface area (Å²) in [6.45, 7) is 1.75. The van der Waals surface area contributed by atoms with Crippen molar-refractivity contribution in [3.63, 3.8) is 0 Å². The number of aromatic nitrogens is 1. The fourth-order valence-corrected chi connectivity index (χ4v) is 3.09. The normalized spacial score (nSPS) is 11.9. The van der Waals surface area contributed by atoms with Crippen LogP contribution in [0, 0.1) is 0 Å². The number of carbonyl (C=O) groups is 2. The lowest BCUT2D eigenvalue weighted by molar-refractivity contribution is 0.0691. The lowest BCUT2D eigenvalue weighted by atomic mass is 10.3. The second-order valence-corrected chi connectivity index (χ2v) is 5.70. The lowest BCUT2D eigenvalue weighted by Gasteiger charge is -2.11. The van der Waals surface area contributed by atoms with Gasteiger partial charge in [-0.3, -0.25) is 4.79 Å². The third-order valence-corrected chi connectivity index (χ3v) is 4.44.